The van der Waals surface area contributed by atoms with Crippen LogP contribution in [0.15, 0.2) is 24.3 Å². The highest BCUT2D eigenvalue weighted by atomic mass is 32.2. The van der Waals surface area contributed by atoms with Gasteiger partial charge in [-0.15, -0.1) is 0 Å². The Morgan fingerprint density at radius 1 is 1.28 bits per heavy atom. The zero-order valence-corrected chi connectivity index (χ0v) is 11.2. The van der Waals surface area contributed by atoms with Crippen LogP contribution in [0.5, 0.6) is 5.75 Å². The monoisotopic (exact) mass is 267 g/mol. The smallest absolute Gasteiger partial charge is 0.153 e. The third kappa shape index (κ3) is 5.21. The van der Waals surface area contributed by atoms with Gasteiger partial charge in [-0.3, -0.25) is 0 Å². The first-order chi connectivity index (χ1) is 8.57. The molecule has 0 amide bonds. The molecule has 0 aliphatic heterocycles. The van der Waals surface area contributed by atoms with Crippen LogP contribution in [0.25, 0.3) is 0 Å². The van der Waals surface area contributed by atoms with Gasteiger partial charge in [0.05, 0.1) is 12.3 Å². The first-order valence-corrected chi connectivity index (χ1v) is 7.52. The van der Waals surface area contributed by atoms with Gasteiger partial charge in [0.2, 0.25) is 0 Å². The SMILES string of the molecule is CCS(=O)(=O)CCOc1ccc(C#CCN)cc1. The second kappa shape index (κ2) is 7.04. The van der Waals surface area contributed by atoms with Gasteiger partial charge in [-0.05, 0) is 24.3 Å². The average Bonchev–Trinajstić information content (AvgIpc) is 2.38. The van der Waals surface area contributed by atoms with Crippen LogP contribution in [0.1, 0.15) is 12.5 Å². The summed E-state index contributed by atoms with van der Waals surface area (Å²) in [6.45, 7) is 2.12. The molecule has 0 atom stereocenters. The Labute approximate surface area is 108 Å². The Morgan fingerprint density at radius 2 is 1.94 bits per heavy atom. The first kappa shape index (κ1) is 14.6. The summed E-state index contributed by atoms with van der Waals surface area (Å²) in [4.78, 5) is 0. The normalized spacial score (nSPS) is 10.6. The number of ether oxygens (including phenoxy) is 1. The molecule has 5 heteroatoms. The van der Waals surface area contributed by atoms with Gasteiger partial charge in [-0.2, -0.15) is 0 Å². The van der Waals surface area contributed by atoms with Gasteiger partial charge in [0.15, 0.2) is 9.84 Å². The maximum absolute atomic E-state index is 11.3. The Kier molecular flexibility index (Phi) is 5.69. The van der Waals surface area contributed by atoms with E-state index in [1.54, 1.807) is 19.1 Å². The molecule has 0 aromatic heterocycles. The van der Waals surface area contributed by atoms with E-state index in [2.05, 4.69) is 11.8 Å². The molecular weight excluding hydrogens is 250 g/mol. The van der Waals surface area contributed by atoms with Crippen LogP contribution in [0.4, 0.5) is 0 Å². The third-order valence-corrected chi connectivity index (χ3v) is 3.96. The molecule has 0 saturated heterocycles. The number of sulfone groups is 1. The summed E-state index contributed by atoms with van der Waals surface area (Å²) in [7, 11) is -2.97. The summed E-state index contributed by atoms with van der Waals surface area (Å²) in [6.07, 6.45) is 0. The van der Waals surface area contributed by atoms with Crippen LogP contribution in [0.3, 0.4) is 0 Å². The topological polar surface area (TPSA) is 69.4 Å². The molecule has 18 heavy (non-hydrogen) atoms. The number of hydrogen-bond donors (Lipinski definition) is 1. The van der Waals surface area contributed by atoms with Crippen molar-refractivity contribution in [1.82, 2.24) is 0 Å². The molecule has 0 spiro atoms. The molecule has 4 nitrogen and oxygen atoms in total. The molecule has 0 heterocycles. The lowest BCUT2D eigenvalue weighted by Gasteiger charge is -2.05. The van der Waals surface area contributed by atoms with Crippen molar-refractivity contribution in [2.24, 2.45) is 5.73 Å². The van der Waals surface area contributed by atoms with E-state index in [-0.39, 0.29) is 18.1 Å². The summed E-state index contributed by atoms with van der Waals surface area (Å²) < 4.78 is 27.9. The Balaban J connectivity index is 2.49. The van der Waals surface area contributed by atoms with Crippen molar-refractivity contribution in [2.45, 2.75) is 6.92 Å². The molecule has 0 unspecified atom stereocenters. The predicted molar refractivity (Wildman–Crippen MR) is 72.2 cm³/mol. The molecule has 0 radical (unpaired) electrons. The van der Waals surface area contributed by atoms with Crippen LogP contribution >= 0.6 is 0 Å². The molecule has 2 N–H and O–H groups in total. The standard InChI is InChI=1S/C13H17NO3S/c1-2-18(15,16)11-10-17-13-7-5-12(6-8-13)4-3-9-14/h5-8H,2,9-11,14H2,1H3. The van der Waals surface area contributed by atoms with Gasteiger partial charge >= 0.3 is 0 Å². The van der Waals surface area contributed by atoms with E-state index in [0.717, 1.165) is 5.56 Å². The lowest BCUT2D eigenvalue weighted by atomic mass is 10.2. The van der Waals surface area contributed by atoms with E-state index in [1.165, 1.54) is 0 Å². The van der Waals surface area contributed by atoms with Crippen molar-refractivity contribution in [3.8, 4) is 17.6 Å². The summed E-state index contributed by atoms with van der Waals surface area (Å²) in [6, 6.07) is 7.15. The summed E-state index contributed by atoms with van der Waals surface area (Å²) >= 11 is 0. The second-order valence-electron chi connectivity index (χ2n) is 3.62. The molecule has 0 aliphatic carbocycles. The van der Waals surface area contributed by atoms with Gasteiger partial charge < -0.3 is 10.5 Å². The second-order valence-corrected chi connectivity index (χ2v) is 6.09. The molecule has 1 aromatic rings. The molecule has 0 bridgehead atoms. The third-order valence-electron chi connectivity index (χ3n) is 2.29. The quantitative estimate of drug-likeness (QED) is 0.802. The minimum atomic E-state index is -2.97. The Hall–Kier alpha value is -1.51. The van der Waals surface area contributed by atoms with Gasteiger partial charge in [0.1, 0.15) is 12.4 Å². The number of nitrogens with two attached hydrogens (primary N) is 1. The zero-order chi connectivity index (χ0) is 13.4. The minimum absolute atomic E-state index is 0.0399. The van der Waals surface area contributed by atoms with E-state index >= 15 is 0 Å². The Bertz CT molecular complexity index is 524. The maximum atomic E-state index is 11.3. The van der Waals surface area contributed by atoms with Crippen molar-refractivity contribution in [3.05, 3.63) is 29.8 Å². The summed E-state index contributed by atoms with van der Waals surface area (Å²) in [5, 5.41) is 0. The maximum Gasteiger partial charge on any atom is 0.153 e. The van der Waals surface area contributed by atoms with Crippen LogP contribution in [-0.2, 0) is 9.84 Å². The van der Waals surface area contributed by atoms with Crippen molar-refractivity contribution in [3.63, 3.8) is 0 Å². The van der Waals surface area contributed by atoms with Crippen LogP contribution < -0.4 is 10.5 Å². The number of rotatable bonds is 5. The average molecular weight is 267 g/mol. The zero-order valence-electron chi connectivity index (χ0n) is 10.3. The van der Waals surface area contributed by atoms with Crippen LogP contribution in [0.2, 0.25) is 0 Å². The van der Waals surface area contributed by atoms with Crippen LogP contribution in [0, 0.1) is 11.8 Å². The number of benzene rings is 1. The van der Waals surface area contributed by atoms with Crippen molar-refractivity contribution in [2.75, 3.05) is 24.7 Å². The largest absolute Gasteiger partial charge is 0.493 e. The lowest BCUT2D eigenvalue weighted by Crippen LogP contribution is -2.15. The highest BCUT2D eigenvalue weighted by Crippen LogP contribution is 2.11. The van der Waals surface area contributed by atoms with E-state index in [4.69, 9.17) is 10.5 Å². The van der Waals surface area contributed by atoms with Gasteiger partial charge in [-0.1, -0.05) is 18.8 Å². The molecule has 1 aromatic carbocycles. The fourth-order valence-corrected chi connectivity index (χ4v) is 1.84. The highest BCUT2D eigenvalue weighted by Gasteiger charge is 2.06. The van der Waals surface area contributed by atoms with Crippen LogP contribution in [-0.4, -0.2) is 33.1 Å². The van der Waals surface area contributed by atoms with E-state index in [0.29, 0.717) is 12.3 Å². The fourth-order valence-electron chi connectivity index (χ4n) is 1.22. The van der Waals surface area contributed by atoms with E-state index < -0.39 is 9.84 Å². The van der Waals surface area contributed by atoms with E-state index in [9.17, 15) is 8.42 Å². The van der Waals surface area contributed by atoms with Crippen molar-refractivity contribution in [1.29, 1.82) is 0 Å². The summed E-state index contributed by atoms with van der Waals surface area (Å²) in [5.74, 6) is 6.47. The molecule has 1 rings (SSSR count). The van der Waals surface area contributed by atoms with Gasteiger partial charge in [0.25, 0.3) is 0 Å². The molecule has 0 fully saturated rings. The summed E-state index contributed by atoms with van der Waals surface area (Å²) in [5.41, 5.74) is 6.13. The predicted octanol–water partition coefficient (Wildman–Crippen LogP) is 0.810. The highest BCUT2D eigenvalue weighted by molar-refractivity contribution is 7.91. The minimum Gasteiger partial charge on any atom is -0.493 e. The molecule has 0 saturated carbocycles. The van der Waals surface area contributed by atoms with Crippen molar-refractivity contribution >= 4 is 9.84 Å². The first-order valence-electron chi connectivity index (χ1n) is 5.69. The van der Waals surface area contributed by atoms with Gasteiger partial charge in [0, 0.05) is 11.3 Å². The van der Waals surface area contributed by atoms with E-state index in [1.807, 2.05) is 12.1 Å². The lowest BCUT2D eigenvalue weighted by molar-refractivity contribution is 0.341. The fraction of sp³-hybridized carbons (Fsp3) is 0.385. The molecule has 0 aliphatic rings. The Morgan fingerprint density at radius 3 is 2.50 bits per heavy atom. The molecular formula is C13H17NO3S. The van der Waals surface area contributed by atoms with Gasteiger partial charge in [-0.25, -0.2) is 8.42 Å². The molecule has 98 valence electrons. The van der Waals surface area contributed by atoms with Crippen molar-refractivity contribution < 1.29 is 13.2 Å². The number of hydrogen-bond acceptors (Lipinski definition) is 4.